The van der Waals surface area contributed by atoms with E-state index in [0.717, 1.165) is 11.3 Å². The average molecular weight is 316 g/mol. The maximum absolute atomic E-state index is 11.6. The molecule has 124 valence electrons. The number of aromatic nitrogens is 2. The second kappa shape index (κ2) is 7.28. The van der Waals surface area contributed by atoms with E-state index in [0.29, 0.717) is 13.0 Å². The van der Waals surface area contributed by atoms with Gasteiger partial charge in [-0.15, -0.1) is 0 Å². The Labute approximate surface area is 136 Å². The Kier molecular flexibility index (Phi) is 5.39. The lowest BCUT2D eigenvalue weighted by Crippen LogP contribution is -2.41. The second-order valence-electron chi connectivity index (χ2n) is 6.48. The van der Waals surface area contributed by atoms with Crippen molar-refractivity contribution in [3.63, 3.8) is 0 Å². The van der Waals surface area contributed by atoms with Crippen molar-refractivity contribution in [2.75, 3.05) is 6.54 Å². The van der Waals surface area contributed by atoms with Gasteiger partial charge in [-0.2, -0.15) is 5.10 Å². The molecule has 1 aromatic carbocycles. The molecule has 2 rings (SSSR count). The van der Waals surface area contributed by atoms with E-state index in [-0.39, 0.29) is 6.04 Å². The molecule has 6 nitrogen and oxygen atoms in total. The van der Waals surface area contributed by atoms with Gasteiger partial charge < -0.3 is 15.8 Å². The molecule has 1 unspecified atom stereocenters. The van der Waals surface area contributed by atoms with Gasteiger partial charge in [0.1, 0.15) is 5.60 Å². The molecule has 1 amide bonds. The number of ether oxygens (including phenoxy) is 1. The molecule has 23 heavy (non-hydrogen) atoms. The zero-order valence-electron chi connectivity index (χ0n) is 13.8. The number of nitrogens with two attached hydrogens (primary N) is 1. The minimum absolute atomic E-state index is 0.198. The van der Waals surface area contributed by atoms with Crippen molar-refractivity contribution in [3.05, 3.63) is 48.3 Å². The molecule has 0 saturated carbocycles. The SMILES string of the molecule is CC(C)(C)OC(=O)NCC(N)Cc1cnn(-c2ccccc2)c1. The van der Waals surface area contributed by atoms with Gasteiger partial charge in [-0.05, 0) is 44.9 Å². The predicted octanol–water partition coefficient (Wildman–Crippen LogP) is 2.27. The van der Waals surface area contributed by atoms with E-state index in [4.69, 9.17) is 10.5 Å². The summed E-state index contributed by atoms with van der Waals surface area (Å²) >= 11 is 0. The number of nitrogens with zero attached hydrogens (tertiary/aromatic N) is 2. The van der Waals surface area contributed by atoms with Crippen LogP contribution in [0.5, 0.6) is 0 Å². The zero-order chi connectivity index (χ0) is 16.9. The van der Waals surface area contributed by atoms with E-state index >= 15 is 0 Å². The van der Waals surface area contributed by atoms with Crippen molar-refractivity contribution in [3.8, 4) is 5.69 Å². The molecule has 0 aliphatic heterocycles. The predicted molar refractivity (Wildman–Crippen MR) is 89.5 cm³/mol. The highest BCUT2D eigenvalue weighted by atomic mass is 16.6. The lowest BCUT2D eigenvalue weighted by molar-refractivity contribution is 0.0524. The number of amides is 1. The summed E-state index contributed by atoms with van der Waals surface area (Å²) in [6.07, 6.45) is 3.92. The Bertz CT molecular complexity index is 632. The molecule has 0 fully saturated rings. The van der Waals surface area contributed by atoms with Gasteiger partial charge >= 0.3 is 6.09 Å². The van der Waals surface area contributed by atoms with E-state index in [1.165, 1.54) is 0 Å². The molecule has 0 aliphatic rings. The number of nitrogens with one attached hydrogen (secondary N) is 1. The average Bonchev–Trinajstić information content (AvgIpc) is 2.93. The number of rotatable bonds is 5. The van der Waals surface area contributed by atoms with Crippen LogP contribution < -0.4 is 11.1 Å². The minimum Gasteiger partial charge on any atom is -0.444 e. The highest BCUT2D eigenvalue weighted by Gasteiger charge is 2.16. The number of carbonyl (C=O) groups is 1. The smallest absolute Gasteiger partial charge is 0.407 e. The van der Waals surface area contributed by atoms with E-state index in [1.807, 2.05) is 62.0 Å². The van der Waals surface area contributed by atoms with E-state index in [2.05, 4.69) is 10.4 Å². The van der Waals surface area contributed by atoms with Crippen LogP contribution in [0.25, 0.3) is 5.69 Å². The van der Waals surface area contributed by atoms with E-state index in [9.17, 15) is 4.79 Å². The summed E-state index contributed by atoms with van der Waals surface area (Å²) in [4.78, 5) is 11.6. The van der Waals surface area contributed by atoms with Gasteiger partial charge in [0, 0.05) is 18.8 Å². The third-order valence-corrected chi connectivity index (χ3v) is 3.06. The number of hydrogen-bond acceptors (Lipinski definition) is 4. The topological polar surface area (TPSA) is 82.2 Å². The molecule has 1 atom stereocenters. The van der Waals surface area contributed by atoms with Crippen LogP contribution in [0.4, 0.5) is 4.79 Å². The first-order valence-electron chi connectivity index (χ1n) is 7.65. The second-order valence-corrected chi connectivity index (χ2v) is 6.48. The molecule has 6 heteroatoms. The fourth-order valence-corrected chi connectivity index (χ4v) is 2.09. The number of carbonyl (C=O) groups excluding carboxylic acids is 1. The van der Waals surface area contributed by atoms with Gasteiger partial charge in [0.25, 0.3) is 0 Å². The van der Waals surface area contributed by atoms with Crippen molar-refractivity contribution in [1.82, 2.24) is 15.1 Å². The molecule has 0 saturated heterocycles. The van der Waals surface area contributed by atoms with Gasteiger partial charge in [0.05, 0.1) is 11.9 Å². The van der Waals surface area contributed by atoms with Crippen LogP contribution in [0.2, 0.25) is 0 Å². The summed E-state index contributed by atoms with van der Waals surface area (Å²) in [5.74, 6) is 0. The fourth-order valence-electron chi connectivity index (χ4n) is 2.09. The van der Waals surface area contributed by atoms with Crippen molar-refractivity contribution in [2.24, 2.45) is 5.73 Å². The summed E-state index contributed by atoms with van der Waals surface area (Å²) in [7, 11) is 0. The Morgan fingerprint density at radius 1 is 1.35 bits per heavy atom. The highest BCUT2D eigenvalue weighted by Crippen LogP contribution is 2.09. The van der Waals surface area contributed by atoms with Crippen LogP contribution in [-0.4, -0.2) is 34.1 Å². The van der Waals surface area contributed by atoms with Crippen LogP contribution in [0.15, 0.2) is 42.7 Å². The van der Waals surface area contributed by atoms with Crippen LogP contribution in [0.3, 0.4) is 0 Å². The van der Waals surface area contributed by atoms with Crippen LogP contribution in [0.1, 0.15) is 26.3 Å². The third-order valence-electron chi connectivity index (χ3n) is 3.06. The van der Waals surface area contributed by atoms with Crippen LogP contribution in [0, 0.1) is 0 Å². The molecule has 0 radical (unpaired) electrons. The maximum atomic E-state index is 11.6. The third kappa shape index (κ3) is 5.75. The van der Waals surface area contributed by atoms with E-state index < -0.39 is 11.7 Å². The highest BCUT2D eigenvalue weighted by molar-refractivity contribution is 5.67. The Balaban J connectivity index is 1.83. The van der Waals surface area contributed by atoms with Crippen molar-refractivity contribution in [1.29, 1.82) is 0 Å². The number of para-hydroxylation sites is 1. The molecule has 2 aromatic rings. The quantitative estimate of drug-likeness (QED) is 0.886. The fraction of sp³-hybridized carbons (Fsp3) is 0.412. The van der Waals surface area contributed by atoms with Crippen LogP contribution in [-0.2, 0) is 11.2 Å². The standard InChI is InChI=1S/C17H24N4O2/c1-17(2,3)23-16(22)19-11-14(18)9-13-10-20-21(12-13)15-7-5-4-6-8-15/h4-8,10,12,14H,9,11,18H2,1-3H3,(H,19,22). The molecular weight excluding hydrogens is 292 g/mol. The first-order valence-corrected chi connectivity index (χ1v) is 7.65. The lowest BCUT2D eigenvalue weighted by atomic mass is 10.1. The maximum Gasteiger partial charge on any atom is 0.407 e. The Morgan fingerprint density at radius 2 is 2.04 bits per heavy atom. The normalized spacial score (nSPS) is 12.7. The number of benzene rings is 1. The van der Waals surface area contributed by atoms with E-state index in [1.54, 1.807) is 6.20 Å². The first-order chi connectivity index (χ1) is 10.8. The van der Waals surface area contributed by atoms with Gasteiger partial charge in [0.2, 0.25) is 0 Å². The minimum atomic E-state index is -0.509. The molecular formula is C17H24N4O2. The van der Waals surface area contributed by atoms with Crippen molar-refractivity contribution in [2.45, 2.75) is 38.8 Å². The zero-order valence-corrected chi connectivity index (χ0v) is 13.8. The molecule has 1 heterocycles. The first kappa shape index (κ1) is 17.0. The molecule has 3 N–H and O–H groups in total. The van der Waals surface area contributed by atoms with Gasteiger partial charge in [-0.25, -0.2) is 9.48 Å². The Hall–Kier alpha value is -2.34. The Morgan fingerprint density at radius 3 is 2.70 bits per heavy atom. The lowest BCUT2D eigenvalue weighted by Gasteiger charge is -2.20. The summed E-state index contributed by atoms with van der Waals surface area (Å²) < 4.78 is 6.99. The molecule has 0 aliphatic carbocycles. The van der Waals surface area contributed by atoms with Crippen molar-refractivity contribution >= 4 is 6.09 Å². The number of hydrogen-bond donors (Lipinski definition) is 2. The molecule has 0 bridgehead atoms. The van der Waals surface area contributed by atoms with Gasteiger partial charge in [-0.1, -0.05) is 18.2 Å². The summed E-state index contributed by atoms with van der Waals surface area (Å²) in [6.45, 7) is 5.82. The summed E-state index contributed by atoms with van der Waals surface area (Å²) in [5, 5.41) is 7.02. The van der Waals surface area contributed by atoms with Gasteiger partial charge in [0.15, 0.2) is 0 Å². The monoisotopic (exact) mass is 316 g/mol. The van der Waals surface area contributed by atoms with Crippen LogP contribution >= 0.6 is 0 Å². The largest absolute Gasteiger partial charge is 0.444 e. The number of alkyl carbamates (subject to hydrolysis) is 1. The summed E-state index contributed by atoms with van der Waals surface area (Å²) in [5.41, 5.74) is 7.57. The van der Waals surface area contributed by atoms with Crippen molar-refractivity contribution < 1.29 is 9.53 Å². The molecule has 1 aromatic heterocycles. The molecule has 0 spiro atoms. The van der Waals surface area contributed by atoms with Gasteiger partial charge in [-0.3, -0.25) is 0 Å². The summed E-state index contributed by atoms with van der Waals surface area (Å²) in [6, 6.07) is 9.67.